The van der Waals surface area contributed by atoms with Gasteiger partial charge in [-0.25, -0.2) is 9.67 Å². The summed E-state index contributed by atoms with van der Waals surface area (Å²) in [4.78, 5) is 16.3. The van der Waals surface area contributed by atoms with Crippen molar-refractivity contribution >= 4 is 11.6 Å². The molecule has 7 heteroatoms. The molecule has 0 fully saturated rings. The van der Waals surface area contributed by atoms with Gasteiger partial charge in [0.05, 0.1) is 19.9 Å². The smallest absolute Gasteiger partial charge is 0.295 e. The van der Waals surface area contributed by atoms with Crippen molar-refractivity contribution in [2.45, 2.75) is 0 Å². The lowest BCUT2D eigenvalue weighted by Gasteiger charge is -2.09. The number of carbonyl (C=O) groups is 1. The first kappa shape index (κ1) is 15.5. The summed E-state index contributed by atoms with van der Waals surface area (Å²) in [6.07, 6.45) is 1.50. The summed E-state index contributed by atoms with van der Waals surface area (Å²) in [5.74, 6) is 0.783. The summed E-state index contributed by atoms with van der Waals surface area (Å²) in [6.45, 7) is 0. The molecule has 0 bridgehead atoms. The minimum Gasteiger partial charge on any atom is -0.493 e. The molecule has 0 atom stereocenters. The number of methoxy groups -OCH3 is 2. The van der Waals surface area contributed by atoms with Gasteiger partial charge in [0.2, 0.25) is 5.82 Å². The number of hydrogen-bond acceptors (Lipinski definition) is 5. The molecule has 0 aliphatic heterocycles. The van der Waals surface area contributed by atoms with Gasteiger partial charge in [0.15, 0.2) is 11.5 Å². The van der Waals surface area contributed by atoms with Crippen molar-refractivity contribution in [3.05, 3.63) is 60.7 Å². The van der Waals surface area contributed by atoms with Crippen LogP contribution < -0.4 is 14.8 Å². The maximum atomic E-state index is 12.3. The lowest BCUT2D eigenvalue weighted by Crippen LogP contribution is -2.14. The molecular formula is C17H16N4O3. The zero-order valence-corrected chi connectivity index (χ0v) is 13.3. The van der Waals surface area contributed by atoms with E-state index in [0.29, 0.717) is 17.2 Å². The Bertz CT molecular complexity index is 846. The van der Waals surface area contributed by atoms with Crippen LogP contribution in [0.5, 0.6) is 11.5 Å². The summed E-state index contributed by atoms with van der Waals surface area (Å²) in [7, 11) is 3.09. The Balaban J connectivity index is 1.77. The Labute approximate surface area is 138 Å². The van der Waals surface area contributed by atoms with E-state index in [4.69, 9.17) is 9.47 Å². The zero-order valence-electron chi connectivity index (χ0n) is 13.3. The maximum Gasteiger partial charge on any atom is 0.295 e. The Morgan fingerprint density at radius 3 is 2.50 bits per heavy atom. The first-order valence-corrected chi connectivity index (χ1v) is 7.21. The maximum absolute atomic E-state index is 12.3. The van der Waals surface area contributed by atoms with E-state index in [1.165, 1.54) is 13.4 Å². The van der Waals surface area contributed by atoms with Crippen LogP contribution in [0.3, 0.4) is 0 Å². The van der Waals surface area contributed by atoms with Crippen LogP contribution in [0.4, 0.5) is 5.69 Å². The van der Waals surface area contributed by atoms with Crippen LogP contribution >= 0.6 is 0 Å². The Hall–Kier alpha value is -3.35. The first-order chi connectivity index (χ1) is 11.7. The molecular weight excluding hydrogens is 308 g/mol. The van der Waals surface area contributed by atoms with Crippen LogP contribution in [0.1, 0.15) is 10.6 Å². The average molecular weight is 324 g/mol. The molecule has 0 saturated heterocycles. The SMILES string of the molecule is COc1ccc(NC(=O)c2ncn(-c3ccccc3)n2)cc1OC. The number of amides is 1. The normalized spacial score (nSPS) is 10.2. The van der Waals surface area contributed by atoms with E-state index in [2.05, 4.69) is 15.4 Å². The van der Waals surface area contributed by atoms with Gasteiger partial charge in [0.1, 0.15) is 6.33 Å². The van der Waals surface area contributed by atoms with Gasteiger partial charge in [0.25, 0.3) is 5.91 Å². The van der Waals surface area contributed by atoms with Gasteiger partial charge in [-0.15, -0.1) is 5.10 Å². The molecule has 0 aliphatic rings. The zero-order chi connectivity index (χ0) is 16.9. The van der Waals surface area contributed by atoms with Crippen LogP contribution in [0.15, 0.2) is 54.9 Å². The van der Waals surface area contributed by atoms with Crippen molar-refractivity contribution in [2.24, 2.45) is 0 Å². The molecule has 0 radical (unpaired) electrons. The molecule has 0 unspecified atom stereocenters. The fourth-order valence-corrected chi connectivity index (χ4v) is 2.17. The topological polar surface area (TPSA) is 78.3 Å². The molecule has 3 aromatic rings. The minimum absolute atomic E-state index is 0.0774. The third-order valence-corrected chi connectivity index (χ3v) is 3.36. The summed E-state index contributed by atoms with van der Waals surface area (Å²) in [6, 6.07) is 14.5. The highest BCUT2D eigenvalue weighted by atomic mass is 16.5. The number of rotatable bonds is 5. The van der Waals surface area contributed by atoms with Gasteiger partial charge in [0, 0.05) is 11.8 Å². The fourth-order valence-electron chi connectivity index (χ4n) is 2.17. The third kappa shape index (κ3) is 3.19. The van der Waals surface area contributed by atoms with Crippen molar-refractivity contribution in [3.63, 3.8) is 0 Å². The molecule has 0 saturated carbocycles. The number of ether oxygens (including phenoxy) is 2. The summed E-state index contributed by atoms with van der Waals surface area (Å²) < 4.78 is 11.9. The van der Waals surface area contributed by atoms with E-state index < -0.39 is 5.91 Å². The van der Waals surface area contributed by atoms with E-state index in [1.807, 2.05) is 30.3 Å². The molecule has 1 aromatic heterocycles. The van der Waals surface area contributed by atoms with Gasteiger partial charge < -0.3 is 14.8 Å². The number of nitrogens with one attached hydrogen (secondary N) is 1. The highest BCUT2D eigenvalue weighted by Crippen LogP contribution is 2.29. The molecule has 0 aliphatic carbocycles. The summed E-state index contributed by atoms with van der Waals surface area (Å²) in [5.41, 5.74) is 1.39. The number of para-hydroxylation sites is 1. The van der Waals surface area contributed by atoms with Crippen molar-refractivity contribution in [1.82, 2.24) is 14.8 Å². The van der Waals surface area contributed by atoms with E-state index in [1.54, 1.807) is 30.0 Å². The number of aromatic nitrogens is 3. The van der Waals surface area contributed by atoms with Gasteiger partial charge in [-0.05, 0) is 24.3 Å². The number of anilines is 1. The average Bonchev–Trinajstić information content (AvgIpc) is 3.12. The Morgan fingerprint density at radius 2 is 1.79 bits per heavy atom. The van der Waals surface area contributed by atoms with Crippen LogP contribution in [0.25, 0.3) is 5.69 Å². The van der Waals surface area contributed by atoms with Gasteiger partial charge in [-0.3, -0.25) is 4.79 Å². The first-order valence-electron chi connectivity index (χ1n) is 7.21. The fraction of sp³-hybridized carbons (Fsp3) is 0.118. The highest BCUT2D eigenvalue weighted by molar-refractivity contribution is 6.01. The lowest BCUT2D eigenvalue weighted by atomic mass is 10.2. The van der Waals surface area contributed by atoms with Gasteiger partial charge >= 0.3 is 0 Å². The predicted octanol–water partition coefficient (Wildman–Crippen LogP) is 2.54. The lowest BCUT2D eigenvalue weighted by molar-refractivity contribution is 0.101. The molecule has 3 rings (SSSR count). The number of hydrogen-bond donors (Lipinski definition) is 1. The third-order valence-electron chi connectivity index (χ3n) is 3.36. The van der Waals surface area contributed by atoms with E-state index in [9.17, 15) is 4.79 Å². The van der Waals surface area contributed by atoms with Gasteiger partial charge in [-0.1, -0.05) is 18.2 Å². The molecule has 7 nitrogen and oxygen atoms in total. The standard InChI is InChI=1S/C17H16N4O3/c1-23-14-9-8-12(10-15(14)24-2)19-17(22)16-18-11-21(20-16)13-6-4-3-5-7-13/h3-11H,1-2H3,(H,19,22). The predicted molar refractivity (Wildman–Crippen MR) is 88.9 cm³/mol. The van der Waals surface area contributed by atoms with E-state index in [-0.39, 0.29) is 5.82 Å². The second kappa shape index (κ2) is 6.82. The number of carbonyl (C=O) groups excluding carboxylic acids is 1. The summed E-state index contributed by atoms with van der Waals surface area (Å²) in [5, 5.41) is 6.93. The van der Waals surface area contributed by atoms with E-state index >= 15 is 0 Å². The Morgan fingerprint density at radius 1 is 1.04 bits per heavy atom. The number of benzene rings is 2. The molecule has 0 spiro atoms. The van der Waals surface area contributed by atoms with Crippen LogP contribution in [0.2, 0.25) is 0 Å². The molecule has 1 heterocycles. The van der Waals surface area contributed by atoms with Crippen molar-refractivity contribution < 1.29 is 14.3 Å². The highest BCUT2D eigenvalue weighted by Gasteiger charge is 2.13. The molecule has 122 valence electrons. The second-order valence-corrected chi connectivity index (χ2v) is 4.87. The van der Waals surface area contributed by atoms with Crippen LogP contribution in [0, 0.1) is 0 Å². The Kier molecular flexibility index (Phi) is 4.42. The molecule has 1 N–H and O–H groups in total. The van der Waals surface area contributed by atoms with Crippen LogP contribution in [-0.2, 0) is 0 Å². The van der Waals surface area contributed by atoms with Crippen molar-refractivity contribution in [2.75, 3.05) is 19.5 Å². The number of nitrogens with zero attached hydrogens (tertiary/aromatic N) is 3. The van der Waals surface area contributed by atoms with E-state index in [0.717, 1.165) is 5.69 Å². The minimum atomic E-state index is -0.406. The second-order valence-electron chi connectivity index (χ2n) is 4.87. The monoisotopic (exact) mass is 324 g/mol. The largest absolute Gasteiger partial charge is 0.493 e. The summed E-state index contributed by atoms with van der Waals surface area (Å²) >= 11 is 0. The molecule has 1 amide bonds. The quantitative estimate of drug-likeness (QED) is 0.780. The van der Waals surface area contributed by atoms with Gasteiger partial charge in [-0.2, -0.15) is 0 Å². The van der Waals surface area contributed by atoms with Crippen molar-refractivity contribution in [1.29, 1.82) is 0 Å². The van der Waals surface area contributed by atoms with Crippen molar-refractivity contribution in [3.8, 4) is 17.2 Å². The molecule has 24 heavy (non-hydrogen) atoms. The van der Waals surface area contributed by atoms with Crippen LogP contribution in [-0.4, -0.2) is 34.9 Å². The molecule has 2 aromatic carbocycles.